The molecule has 0 saturated carbocycles. The van der Waals surface area contributed by atoms with E-state index in [0.29, 0.717) is 6.54 Å². The minimum absolute atomic E-state index is 0.0381. The number of nitrogens with zero attached hydrogens (tertiary/aromatic N) is 1. The second-order valence-electron chi connectivity index (χ2n) is 4.52. The third-order valence-electron chi connectivity index (χ3n) is 2.45. The molecule has 3 N–H and O–H groups in total. The molecule has 1 aromatic rings. The van der Waals surface area contributed by atoms with E-state index in [1.165, 1.54) is 0 Å². The maximum Gasteiger partial charge on any atom is 0.317 e. The highest BCUT2D eigenvalue weighted by Gasteiger charge is 2.08. The molecule has 0 radical (unpaired) electrons. The second kappa shape index (κ2) is 6.13. The number of carbonyl (C=O) groups is 1. The average Bonchev–Trinajstić information content (AvgIpc) is 2.25. The summed E-state index contributed by atoms with van der Waals surface area (Å²) in [5, 5.41) is 2.85. The van der Waals surface area contributed by atoms with E-state index in [-0.39, 0.29) is 12.1 Å². The third kappa shape index (κ3) is 4.76. The van der Waals surface area contributed by atoms with Crippen molar-refractivity contribution in [2.45, 2.75) is 26.3 Å². The molecule has 0 heterocycles. The molecule has 0 aliphatic carbocycles. The van der Waals surface area contributed by atoms with Gasteiger partial charge < -0.3 is 16.0 Å². The van der Waals surface area contributed by atoms with Crippen molar-refractivity contribution in [3.8, 4) is 0 Å². The van der Waals surface area contributed by atoms with E-state index in [1.54, 1.807) is 11.9 Å². The maximum absolute atomic E-state index is 11.6. The molecule has 0 atom stereocenters. The molecule has 0 bridgehead atoms. The number of carbonyl (C=O) groups excluding carboxylic acids is 1. The lowest BCUT2D eigenvalue weighted by Gasteiger charge is -2.19. The van der Waals surface area contributed by atoms with Crippen LogP contribution in [-0.2, 0) is 6.42 Å². The smallest absolute Gasteiger partial charge is 0.317 e. The number of likely N-dealkylation sites (N-methyl/N-ethyl adjacent to an activating group) is 1. The Balaban J connectivity index is 2.42. The van der Waals surface area contributed by atoms with Crippen LogP contribution in [0.25, 0.3) is 0 Å². The molecule has 0 spiro atoms. The fourth-order valence-corrected chi connectivity index (χ4v) is 1.50. The SMILES string of the molecule is CC(C)NC(=O)N(C)CCc1cccc(N)c1. The van der Waals surface area contributed by atoms with E-state index in [9.17, 15) is 4.79 Å². The summed E-state index contributed by atoms with van der Waals surface area (Å²) in [7, 11) is 1.80. The highest BCUT2D eigenvalue weighted by atomic mass is 16.2. The molecule has 0 unspecified atom stereocenters. The van der Waals surface area contributed by atoms with Gasteiger partial charge in [0.2, 0.25) is 0 Å². The molecule has 0 fully saturated rings. The maximum atomic E-state index is 11.6. The number of rotatable bonds is 4. The van der Waals surface area contributed by atoms with Crippen LogP contribution in [0.3, 0.4) is 0 Å². The predicted molar refractivity (Wildman–Crippen MR) is 70.9 cm³/mol. The molecule has 4 nitrogen and oxygen atoms in total. The van der Waals surface area contributed by atoms with Crippen LogP contribution in [0.15, 0.2) is 24.3 Å². The Morgan fingerprint density at radius 2 is 2.18 bits per heavy atom. The summed E-state index contributed by atoms with van der Waals surface area (Å²) in [5.74, 6) is 0. The van der Waals surface area contributed by atoms with E-state index < -0.39 is 0 Å². The fraction of sp³-hybridized carbons (Fsp3) is 0.462. The van der Waals surface area contributed by atoms with Gasteiger partial charge in [-0.25, -0.2) is 4.79 Å². The Kier molecular flexibility index (Phi) is 4.82. The summed E-state index contributed by atoms with van der Waals surface area (Å²) in [6.07, 6.45) is 0.813. The molecule has 0 aromatic heterocycles. The van der Waals surface area contributed by atoms with Gasteiger partial charge in [0, 0.05) is 25.3 Å². The normalized spacial score (nSPS) is 10.4. The van der Waals surface area contributed by atoms with Crippen LogP contribution in [0, 0.1) is 0 Å². The van der Waals surface area contributed by atoms with E-state index in [0.717, 1.165) is 17.7 Å². The van der Waals surface area contributed by atoms with Crippen LogP contribution < -0.4 is 11.1 Å². The Hall–Kier alpha value is -1.71. The number of nitrogens with one attached hydrogen (secondary N) is 1. The van der Waals surface area contributed by atoms with E-state index in [4.69, 9.17) is 5.73 Å². The van der Waals surface area contributed by atoms with E-state index >= 15 is 0 Å². The molecule has 1 rings (SSSR count). The third-order valence-corrected chi connectivity index (χ3v) is 2.45. The number of anilines is 1. The van der Waals surface area contributed by atoms with Gasteiger partial charge >= 0.3 is 6.03 Å². The van der Waals surface area contributed by atoms with Gasteiger partial charge in [-0.05, 0) is 38.0 Å². The Labute approximate surface area is 103 Å². The van der Waals surface area contributed by atoms with Gasteiger partial charge in [-0.3, -0.25) is 0 Å². The molecule has 94 valence electrons. The monoisotopic (exact) mass is 235 g/mol. The van der Waals surface area contributed by atoms with Gasteiger partial charge in [-0.15, -0.1) is 0 Å². The lowest BCUT2D eigenvalue weighted by Crippen LogP contribution is -2.41. The Morgan fingerprint density at radius 3 is 2.76 bits per heavy atom. The molecule has 4 heteroatoms. The highest BCUT2D eigenvalue weighted by Crippen LogP contribution is 2.07. The van der Waals surface area contributed by atoms with Crippen molar-refractivity contribution in [2.75, 3.05) is 19.3 Å². The standard InChI is InChI=1S/C13H21N3O/c1-10(2)15-13(17)16(3)8-7-11-5-4-6-12(14)9-11/h4-6,9-10H,7-8,14H2,1-3H3,(H,15,17). The summed E-state index contributed by atoms with van der Waals surface area (Å²) in [5.41, 5.74) is 7.61. The van der Waals surface area contributed by atoms with E-state index in [2.05, 4.69) is 5.32 Å². The van der Waals surface area contributed by atoms with Crippen LogP contribution in [0.4, 0.5) is 10.5 Å². The van der Waals surface area contributed by atoms with Gasteiger partial charge in [0.05, 0.1) is 0 Å². The Morgan fingerprint density at radius 1 is 1.47 bits per heavy atom. The first-order valence-electron chi connectivity index (χ1n) is 5.85. The number of nitrogen functional groups attached to an aromatic ring is 1. The van der Waals surface area contributed by atoms with Crippen LogP contribution in [0.2, 0.25) is 0 Å². The molecule has 0 saturated heterocycles. The predicted octanol–water partition coefficient (Wildman–Crippen LogP) is 1.86. The van der Waals surface area contributed by atoms with Crippen LogP contribution >= 0.6 is 0 Å². The van der Waals surface area contributed by atoms with Crippen molar-refractivity contribution < 1.29 is 4.79 Å². The van der Waals surface area contributed by atoms with Crippen molar-refractivity contribution >= 4 is 11.7 Å². The second-order valence-corrected chi connectivity index (χ2v) is 4.52. The fourth-order valence-electron chi connectivity index (χ4n) is 1.50. The van der Waals surface area contributed by atoms with Crippen LogP contribution in [-0.4, -0.2) is 30.6 Å². The quantitative estimate of drug-likeness (QED) is 0.783. The van der Waals surface area contributed by atoms with Gasteiger partial charge in [-0.1, -0.05) is 12.1 Å². The topological polar surface area (TPSA) is 58.4 Å². The number of urea groups is 1. The zero-order chi connectivity index (χ0) is 12.8. The molecule has 0 aliphatic heterocycles. The number of nitrogens with two attached hydrogens (primary N) is 1. The van der Waals surface area contributed by atoms with Crippen molar-refractivity contribution in [2.24, 2.45) is 0 Å². The number of amides is 2. The van der Waals surface area contributed by atoms with Crippen molar-refractivity contribution in [3.05, 3.63) is 29.8 Å². The zero-order valence-electron chi connectivity index (χ0n) is 10.7. The number of hydrogen-bond donors (Lipinski definition) is 2. The van der Waals surface area contributed by atoms with Crippen LogP contribution in [0.1, 0.15) is 19.4 Å². The van der Waals surface area contributed by atoms with Crippen molar-refractivity contribution in [1.82, 2.24) is 10.2 Å². The highest BCUT2D eigenvalue weighted by molar-refractivity contribution is 5.74. The Bertz CT molecular complexity index is 377. The summed E-state index contributed by atoms with van der Waals surface area (Å²) < 4.78 is 0. The van der Waals surface area contributed by atoms with Crippen molar-refractivity contribution in [3.63, 3.8) is 0 Å². The minimum Gasteiger partial charge on any atom is -0.399 e. The van der Waals surface area contributed by atoms with Gasteiger partial charge in [-0.2, -0.15) is 0 Å². The minimum atomic E-state index is -0.0381. The first-order chi connectivity index (χ1) is 7.99. The first kappa shape index (κ1) is 13.4. The summed E-state index contributed by atoms with van der Waals surface area (Å²) in [6, 6.07) is 7.87. The molecular weight excluding hydrogens is 214 g/mol. The van der Waals surface area contributed by atoms with Gasteiger partial charge in [0.25, 0.3) is 0 Å². The lowest BCUT2D eigenvalue weighted by molar-refractivity contribution is 0.207. The number of benzene rings is 1. The molecular formula is C13H21N3O. The first-order valence-corrected chi connectivity index (χ1v) is 5.85. The molecule has 2 amide bonds. The summed E-state index contributed by atoms with van der Waals surface area (Å²) in [6.45, 7) is 4.58. The molecule has 0 aliphatic rings. The zero-order valence-corrected chi connectivity index (χ0v) is 10.7. The average molecular weight is 235 g/mol. The summed E-state index contributed by atoms with van der Waals surface area (Å²) in [4.78, 5) is 13.3. The summed E-state index contributed by atoms with van der Waals surface area (Å²) >= 11 is 0. The van der Waals surface area contributed by atoms with Crippen LogP contribution in [0.5, 0.6) is 0 Å². The largest absolute Gasteiger partial charge is 0.399 e. The molecule has 17 heavy (non-hydrogen) atoms. The van der Waals surface area contributed by atoms with E-state index in [1.807, 2.05) is 38.1 Å². The van der Waals surface area contributed by atoms with Gasteiger partial charge in [0.1, 0.15) is 0 Å². The lowest BCUT2D eigenvalue weighted by atomic mass is 10.1. The number of hydrogen-bond acceptors (Lipinski definition) is 2. The molecule has 1 aromatic carbocycles. The van der Waals surface area contributed by atoms with Crippen molar-refractivity contribution in [1.29, 1.82) is 0 Å². The van der Waals surface area contributed by atoms with Gasteiger partial charge in [0.15, 0.2) is 0 Å².